The molecule has 0 saturated carbocycles. The molecule has 7 heteroatoms. The molecular formula is C10H6ClF3N2O. The van der Waals surface area contributed by atoms with Gasteiger partial charge in [-0.15, -0.1) is 0 Å². The third-order valence-corrected chi connectivity index (χ3v) is 2.28. The first kappa shape index (κ1) is 11.9. The third kappa shape index (κ3) is 2.41. The Bertz CT molecular complexity index is 551. The molecule has 0 saturated heterocycles. The minimum absolute atomic E-state index is 0.00249. The second-order valence-corrected chi connectivity index (χ2v) is 3.77. The van der Waals surface area contributed by atoms with Crippen molar-refractivity contribution in [1.82, 2.24) is 10.1 Å². The smallest absolute Gasteiger partial charge is 0.334 e. The van der Waals surface area contributed by atoms with Crippen LogP contribution in [0.5, 0.6) is 0 Å². The van der Waals surface area contributed by atoms with E-state index in [9.17, 15) is 13.2 Å². The largest absolute Gasteiger partial charge is 0.417 e. The molecule has 2 rings (SSSR count). The maximum atomic E-state index is 12.8. The lowest BCUT2D eigenvalue weighted by Crippen LogP contribution is -2.07. The average molecular weight is 263 g/mol. The number of nitrogens with zero attached hydrogens (tertiary/aromatic N) is 2. The molecule has 2 aromatic rings. The van der Waals surface area contributed by atoms with Crippen LogP contribution >= 0.6 is 11.6 Å². The lowest BCUT2D eigenvalue weighted by molar-refractivity contribution is -0.137. The normalized spacial score (nSPS) is 11.8. The summed E-state index contributed by atoms with van der Waals surface area (Å²) in [6, 6.07) is 3.38. The summed E-state index contributed by atoms with van der Waals surface area (Å²) < 4.78 is 43.0. The summed E-state index contributed by atoms with van der Waals surface area (Å²) in [6.45, 7) is 1.52. The van der Waals surface area contributed by atoms with Crippen LogP contribution in [0.1, 0.15) is 11.4 Å². The Morgan fingerprint density at radius 1 is 1.29 bits per heavy atom. The highest BCUT2D eigenvalue weighted by Gasteiger charge is 2.35. The zero-order valence-electron chi connectivity index (χ0n) is 8.55. The molecule has 0 fully saturated rings. The van der Waals surface area contributed by atoms with Crippen LogP contribution in [0.2, 0.25) is 5.02 Å². The van der Waals surface area contributed by atoms with E-state index in [1.54, 1.807) is 0 Å². The first-order valence-electron chi connectivity index (χ1n) is 4.55. The number of aromatic nitrogens is 2. The maximum absolute atomic E-state index is 12.8. The van der Waals surface area contributed by atoms with Gasteiger partial charge in [0.05, 0.1) is 11.1 Å². The van der Waals surface area contributed by atoms with Gasteiger partial charge in [0.1, 0.15) is 0 Å². The topological polar surface area (TPSA) is 38.9 Å². The molecule has 0 aliphatic rings. The van der Waals surface area contributed by atoms with Crippen molar-refractivity contribution in [1.29, 1.82) is 0 Å². The third-order valence-electron chi connectivity index (χ3n) is 2.04. The van der Waals surface area contributed by atoms with E-state index < -0.39 is 11.7 Å². The number of hydrogen-bond donors (Lipinski definition) is 0. The van der Waals surface area contributed by atoms with Crippen molar-refractivity contribution >= 4 is 11.6 Å². The number of alkyl halides is 3. The summed E-state index contributed by atoms with van der Waals surface area (Å²) in [5.74, 6) is 0.0922. The van der Waals surface area contributed by atoms with E-state index in [1.807, 2.05) is 0 Å². The quantitative estimate of drug-likeness (QED) is 0.786. The van der Waals surface area contributed by atoms with Gasteiger partial charge in [-0.1, -0.05) is 16.8 Å². The van der Waals surface area contributed by atoms with Crippen molar-refractivity contribution in [2.75, 3.05) is 0 Å². The maximum Gasteiger partial charge on any atom is 0.417 e. The first-order valence-corrected chi connectivity index (χ1v) is 4.93. The second kappa shape index (κ2) is 4.03. The van der Waals surface area contributed by atoms with Gasteiger partial charge in [0.25, 0.3) is 5.89 Å². The summed E-state index contributed by atoms with van der Waals surface area (Å²) in [4.78, 5) is 3.76. The monoisotopic (exact) mass is 262 g/mol. The summed E-state index contributed by atoms with van der Waals surface area (Å²) in [5, 5.41) is 3.45. The number of hydrogen-bond acceptors (Lipinski definition) is 3. The molecule has 1 aromatic carbocycles. The van der Waals surface area contributed by atoms with Crippen molar-refractivity contribution in [2.24, 2.45) is 0 Å². The van der Waals surface area contributed by atoms with Crippen molar-refractivity contribution in [3.8, 4) is 11.5 Å². The molecule has 1 heterocycles. The van der Waals surface area contributed by atoms with Gasteiger partial charge in [-0.2, -0.15) is 18.2 Å². The molecule has 0 aliphatic carbocycles. The van der Waals surface area contributed by atoms with E-state index in [-0.39, 0.29) is 22.3 Å². The lowest BCUT2D eigenvalue weighted by atomic mass is 10.1. The predicted molar refractivity (Wildman–Crippen MR) is 54.5 cm³/mol. The molecule has 0 unspecified atom stereocenters. The van der Waals surface area contributed by atoms with Crippen molar-refractivity contribution in [3.63, 3.8) is 0 Å². The zero-order valence-corrected chi connectivity index (χ0v) is 9.30. The van der Waals surface area contributed by atoms with Gasteiger partial charge in [-0.05, 0) is 25.1 Å². The highest BCUT2D eigenvalue weighted by Crippen LogP contribution is 2.37. The Balaban J connectivity index is 2.61. The molecule has 0 spiro atoms. The fraction of sp³-hybridized carbons (Fsp3) is 0.200. The molecule has 90 valence electrons. The van der Waals surface area contributed by atoms with E-state index in [0.717, 1.165) is 6.07 Å². The van der Waals surface area contributed by atoms with Crippen molar-refractivity contribution < 1.29 is 17.7 Å². The van der Waals surface area contributed by atoms with Gasteiger partial charge >= 0.3 is 6.18 Å². The van der Waals surface area contributed by atoms with Crippen LogP contribution in [0.4, 0.5) is 13.2 Å². The molecule has 0 amide bonds. The summed E-state index contributed by atoms with van der Waals surface area (Å²) in [5.41, 5.74) is -1.07. The number of rotatable bonds is 1. The van der Waals surface area contributed by atoms with E-state index in [2.05, 4.69) is 10.1 Å². The van der Waals surface area contributed by atoms with Gasteiger partial charge in [0, 0.05) is 5.02 Å². The number of halogens is 4. The Hall–Kier alpha value is -1.56. The minimum Gasteiger partial charge on any atom is -0.334 e. The Labute approximate surface area is 99.2 Å². The highest BCUT2D eigenvalue weighted by atomic mass is 35.5. The molecular weight excluding hydrogens is 257 g/mol. The summed E-state index contributed by atoms with van der Waals surface area (Å²) in [7, 11) is 0. The summed E-state index contributed by atoms with van der Waals surface area (Å²) >= 11 is 5.55. The standard InChI is InChI=1S/C10H6ClF3N2O/c1-5-15-9(17-16-5)7-3-2-6(11)4-8(7)10(12,13)14/h2-4H,1H3. The fourth-order valence-electron chi connectivity index (χ4n) is 1.34. The molecule has 0 aliphatic heterocycles. The number of benzene rings is 1. The molecule has 3 nitrogen and oxygen atoms in total. The fourth-order valence-corrected chi connectivity index (χ4v) is 1.52. The van der Waals surface area contributed by atoms with E-state index >= 15 is 0 Å². The van der Waals surface area contributed by atoms with Gasteiger partial charge in [-0.25, -0.2) is 0 Å². The zero-order chi connectivity index (χ0) is 12.6. The molecule has 0 N–H and O–H groups in total. The van der Waals surface area contributed by atoms with Gasteiger partial charge < -0.3 is 4.52 Å². The van der Waals surface area contributed by atoms with Crippen LogP contribution in [-0.2, 0) is 6.18 Å². The molecule has 0 bridgehead atoms. The van der Waals surface area contributed by atoms with Crippen LogP contribution in [0.3, 0.4) is 0 Å². The molecule has 1 aromatic heterocycles. The van der Waals surface area contributed by atoms with Crippen LogP contribution in [0.25, 0.3) is 11.5 Å². The Kier molecular flexibility index (Phi) is 2.82. The van der Waals surface area contributed by atoms with Crippen LogP contribution < -0.4 is 0 Å². The average Bonchev–Trinajstić information content (AvgIpc) is 2.63. The van der Waals surface area contributed by atoms with E-state index in [4.69, 9.17) is 16.1 Å². The Morgan fingerprint density at radius 2 is 2.00 bits per heavy atom. The number of aryl methyl sites for hydroxylation is 1. The first-order chi connectivity index (χ1) is 7.88. The second-order valence-electron chi connectivity index (χ2n) is 3.33. The van der Waals surface area contributed by atoms with E-state index in [1.165, 1.54) is 19.1 Å². The van der Waals surface area contributed by atoms with E-state index in [0.29, 0.717) is 0 Å². The predicted octanol–water partition coefficient (Wildman–Crippen LogP) is 3.72. The minimum atomic E-state index is -4.53. The van der Waals surface area contributed by atoms with Crippen LogP contribution in [-0.4, -0.2) is 10.1 Å². The molecule has 0 atom stereocenters. The molecule has 17 heavy (non-hydrogen) atoms. The molecule has 0 radical (unpaired) electrons. The van der Waals surface area contributed by atoms with Gasteiger partial charge in [-0.3, -0.25) is 0 Å². The lowest BCUT2D eigenvalue weighted by Gasteiger charge is -2.10. The van der Waals surface area contributed by atoms with Crippen molar-refractivity contribution in [2.45, 2.75) is 13.1 Å². The van der Waals surface area contributed by atoms with Crippen LogP contribution in [0, 0.1) is 6.92 Å². The van der Waals surface area contributed by atoms with Crippen LogP contribution in [0.15, 0.2) is 22.7 Å². The SMILES string of the molecule is Cc1noc(-c2ccc(Cl)cc2C(F)(F)F)n1. The Morgan fingerprint density at radius 3 is 2.53 bits per heavy atom. The van der Waals surface area contributed by atoms with Crippen molar-refractivity contribution in [3.05, 3.63) is 34.6 Å². The summed E-state index contributed by atoms with van der Waals surface area (Å²) in [6.07, 6.45) is -4.53. The highest BCUT2D eigenvalue weighted by molar-refractivity contribution is 6.30. The van der Waals surface area contributed by atoms with Gasteiger partial charge in [0.2, 0.25) is 0 Å². The van der Waals surface area contributed by atoms with Gasteiger partial charge in [0.15, 0.2) is 5.82 Å².